The molecular weight excluding hydrogens is 623 g/mol. The van der Waals surface area contributed by atoms with Gasteiger partial charge in [0.15, 0.2) is 0 Å². The van der Waals surface area contributed by atoms with Gasteiger partial charge in [-0.2, -0.15) is 0 Å². The normalized spacial score (nSPS) is 19.4. The lowest BCUT2D eigenvalue weighted by atomic mass is 9.83. The highest BCUT2D eigenvalue weighted by Gasteiger charge is 2.57. The Morgan fingerprint density at radius 1 is 0.952 bits per heavy atom. The molecule has 1 aromatic heterocycles. The molecule has 2 aliphatic rings. The number of fused-ring (bicyclic) bond motifs is 2. The number of nitrogens with zero attached hydrogens (tertiary/aromatic N) is 3. The van der Waals surface area contributed by atoms with E-state index in [9.17, 15) is 29.3 Å². The minimum Gasteiger partial charge on any atom is -0.325 e. The summed E-state index contributed by atoms with van der Waals surface area (Å²) < 4.78 is 1.30. The molecule has 0 spiro atoms. The Hall–Kier alpha value is -3.97. The van der Waals surface area contributed by atoms with E-state index in [0.717, 1.165) is 28.0 Å². The molecule has 0 aliphatic carbocycles. The van der Waals surface area contributed by atoms with Crippen molar-refractivity contribution in [1.82, 2.24) is 4.57 Å². The molecular formula is C28H18Cl2N4O6S2. The van der Waals surface area contributed by atoms with E-state index in [0.29, 0.717) is 21.2 Å². The number of nitro benzene ring substituents is 1. The molecule has 14 heteroatoms. The van der Waals surface area contributed by atoms with Gasteiger partial charge >= 0.3 is 4.87 Å². The van der Waals surface area contributed by atoms with Crippen molar-refractivity contribution in [3.8, 4) is 0 Å². The van der Waals surface area contributed by atoms with Gasteiger partial charge in [0.1, 0.15) is 11.8 Å². The molecule has 0 saturated carbocycles. The average Bonchev–Trinajstić information content (AvgIpc) is 3.41. The van der Waals surface area contributed by atoms with Crippen LogP contribution in [0.4, 0.5) is 17.1 Å². The van der Waals surface area contributed by atoms with E-state index < -0.39 is 44.6 Å². The lowest BCUT2D eigenvalue weighted by Crippen LogP contribution is -2.33. The Morgan fingerprint density at radius 2 is 1.67 bits per heavy atom. The van der Waals surface area contributed by atoms with Gasteiger partial charge in [0, 0.05) is 28.6 Å². The van der Waals surface area contributed by atoms with Crippen LogP contribution in [0, 0.1) is 16.0 Å². The second-order valence-corrected chi connectivity index (χ2v) is 12.4. The number of nitrogens with one attached hydrogen (secondary N) is 1. The maximum absolute atomic E-state index is 14.0. The maximum Gasteiger partial charge on any atom is 0.308 e. The zero-order valence-electron chi connectivity index (χ0n) is 21.2. The Labute approximate surface area is 256 Å². The molecule has 42 heavy (non-hydrogen) atoms. The molecule has 3 atom stereocenters. The number of aromatic nitrogens is 1. The summed E-state index contributed by atoms with van der Waals surface area (Å²) in [7, 11) is 0. The first-order chi connectivity index (χ1) is 20.2. The number of hydrogen-bond donors (Lipinski definition) is 1. The fourth-order valence-corrected chi connectivity index (χ4v) is 8.38. The number of thioether (sulfide) groups is 1. The molecule has 0 unspecified atom stereocenters. The lowest BCUT2D eigenvalue weighted by Gasteiger charge is -2.31. The highest BCUT2D eigenvalue weighted by atomic mass is 35.5. The SMILES string of the molecule is O=C(Cn1c2c(sc1=O)[C@@H](c1cccc(Cl)c1Cl)[C@@H]1C(=O)N(c3ccc([N+](=O)[O-])cc3)C(=O)[C@@H]1S2)Nc1ccccc1. The van der Waals surface area contributed by atoms with Crippen molar-refractivity contribution < 1.29 is 19.3 Å². The van der Waals surface area contributed by atoms with Crippen molar-refractivity contribution in [2.24, 2.45) is 5.92 Å². The number of nitro groups is 1. The predicted octanol–water partition coefficient (Wildman–Crippen LogP) is 5.56. The third kappa shape index (κ3) is 4.79. The first kappa shape index (κ1) is 28.2. The first-order valence-electron chi connectivity index (χ1n) is 12.5. The van der Waals surface area contributed by atoms with E-state index in [-0.39, 0.29) is 28.0 Å². The number of anilines is 2. The van der Waals surface area contributed by atoms with Crippen LogP contribution in [-0.2, 0) is 20.9 Å². The van der Waals surface area contributed by atoms with Gasteiger partial charge in [-0.05, 0) is 35.9 Å². The number of hydrogen-bond acceptors (Lipinski definition) is 8. The van der Waals surface area contributed by atoms with Gasteiger partial charge in [-0.15, -0.1) is 0 Å². The highest BCUT2D eigenvalue weighted by molar-refractivity contribution is 8.00. The van der Waals surface area contributed by atoms with Crippen LogP contribution in [0.5, 0.6) is 0 Å². The fraction of sp³-hybridized carbons (Fsp3) is 0.143. The smallest absolute Gasteiger partial charge is 0.308 e. The van der Waals surface area contributed by atoms with Gasteiger partial charge in [0.2, 0.25) is 17.7 Å². The van der Waals surface area contributed by atoms with Gasteiger partial charge < -0.3 is 5.32 Å². The van der Waals surface area contributed by atoms with Crippen molar-refractivity contribution >= 4 is 81.1 Å². The van der Waals surface area contributed by atoms with E-state index in [1.165, 1.54) is 28.8 Å². The molecule has 0 bridgehead atoms. The number of non-ortho nitro benzene ring substituents is 1. The molecule has 6 rings (SSSR count). The van der Waals surface area contributed by atoms with E-state index in [1.54, 1.807) is 42.5 Å². The third-order valence-electron chi connectivity index (χ3n) is 7.04. The average molecular weight is 642 g/mol. The van der Waals surface area contributed by atoms with Crippen LogP contribution in [0.2, 0.25) is 10.0 Å². The summed E-state index contributed by atoms with van der Waals surface area (Å²) in [6.07, 6.45) is 0. The molecule has 10 nitrogen and oxygen atoms in total. The van der Waals surface area contributed by atoms with Gasteiger partial charge in [-0.25, -0.2) is 4.90 Å². The second-order valence-electron chi connectivity index (χ2n) is 9.51. The number of rotatable bonds is 6. The van der Waals surface area contributed by atoms with Gasteiger partial charge in [-0.1, -0.05) is 76.6 Å². The molecule has 0 radical (unpaired) electrons. The summed E-state index contributed by atoms with van der Waals surface area (Å²) in [5.74, 6) is -3.28. The van der Waals surface area contributed by atoms with E-state index in [1.807, 2.05) is 6.07 Å². The fourth-order valence-electron chi connectivity index (χ4n) is 5.19. The maximum atomic E-state index is 14.0. The Bertz CT molecular complexity index is 1830. The largest absolute Gasteiger partial charge is 0.325 e. The summed E-state index contributed by atoms with van der Waals surface area (Å²) in [5.41, 5.74) is 1.03. The van der Waals surface area contributed by atoms with E-state index >= 15 is 0 Å². The van der Waals surface area contributed by atoms with Crippen LogP contribution in [0.1, 0.15) is 16.4 Å². The highest BCUT2D eigenvalue weighted by Crippen LogP contribution is 2.55. The summed E-state index contributed by atoms with van der Waals surface area (Å²) >= 11 is 14.9. The Balaban J connectivity index is 1.43. The number of carbonyl (C=O) groups is 3. The molecule has 4 aromatic rings. The van der Waals surface area contributed by atoms with Crippen LogP contribution < -0.4 is 15.1 Å². The zero-order chi connectivity index (χ0) is 29.7. The van der Waals surface area contributed by atoms with Crippen molar-refractivity contribution in [2.45, 2.75) is 22.7 Å². The molecule has 3 heterocycles. The molecule has 2 aliphatic heterocycles. The van der Waals surface area contributed by atoms with E-state index in [4.69, 9.17) is 23.2 Å². The molecule has 1 N–H and O–H groups in total. The number of benzene rings is 3. The Morgan fingerprint density at radius 3 is 2.36 bits per heavy atom. The monoisotopic (exact) mass is 640 g/mol. The minimum absolute atomic E-state index is 0.184. The molecule has 1 fully saturated rings. The number of imide groups is 1. The van der Waals surface area contributed by atoms with Crippen LogP contribution in [0.3, 0.4) is 0 Å². The van der Waals surface area contributed by atoms with Gasteiger partial charge in [-0.3, -0.25) is 33.9 Å². The number of amides is 3. The number of para-hydroxylation sites is 1. The van der Waals surface area contributed by atoms with Crippen LogP contribution in [-0.4, -0.2) is 32.5 Å². The third-order valence-corrected chi connectivity index (χ3v) is 10.5. The summed E-state index contributed by atoms with van der Waals surface area (Å²) in [6.45, 7) is -0.311. The van der Waals surface area contributed by atoms with Crippen LogP contribution >= 0.6 is 46.3 Å². The van der Waals surface area contributed by atoms with E-state index in [2.05, 4.69) is 5.32 Å². The number of thiazole rings is 1. The minimum atomic E-state index is -0.960. The number of carbonyl (C=O) groups excluding carboxylic acids is 3. The summed E-state index contributed by atoms with van der Waals surface area (Å²) in [5, 5.41) is 13.7. The van der Waals surface area contributed by atoms with Crippen LogP contribution in [0.15, 0.2) is 82.6 Å². The predicted molar refractivity (Wildman–Crippen MR) is 161 cm³/mol. The van der Waals surface area contributed by atoms with Crippen molar-refractivity contribution in [2.75, 3.05) is 10.2 Å². The molecule has 212 valence electrons. The first-order valence-corrected chi connectivity index (χ1v) is 14.9. The quantitative estimate of drug-likeness (QED) is 0.166. The standard InChI is InChI=1S/C28H18Cl2N4O6S2/c29-18-8-4-7-17(22(18)30)20-21-23(26(37)33(25(21)36)15-9-11-16(12-10-15)34(39)40)41-27-24(20)42-28(38)32(27)13-19(35)31-14-5-2-1-3-6-14/h1-12,20-21,23H,13H2,(H,31,35)/t20-,21-,23+/m0/s1. The van der Waals surface area contributed by atoms with Gasteiger partial charge in [0.25, 0.3) is 5.69 Å². The summed E-state index contributed by atoms with van der Waals surface area (Å²) in [4.78, 5) is 65.6. The topological polar surface area (TPSA) is 132 Å². The van der Waals surface area contributed by atoms with Crippen LogP contribution in [0.25, 0.3) is 0 Å². The van der Waals surface area contributed by atoms with Crippen molar-refractivity contribution in [3.05, 3.63) is 113 Å². The summed E-state index contributed by atoms with van der Waals surface area (Å²) in [6, 6.07) is 18.9. The van der Waals surface area contributed by atoms with Gasteiger partial charge in [0.05, 0.1) is 31.6 Å². The van der Waals surface area contributed by atoms with Crippen molar-refractivity contribution in [3.63, 3.8) is 0 Å². The second kappa shape index (κ2) is 11.0. The molecule has 3 amide bonds. The molecule has 1 saturated heterocycles. The zero-order valence-corrected chi connectivity index (χ0v) is 24.4. The molecule has 3 aromatic carbocycles. The lowest BCUT2D eigenvalue weighted by molar-refractivity contribution is -0.384. The Kier molecular flexibility index (Phi) is 7.39. The van der Waals surface area contributed by atoms with Crippen molar-refractivity contribution in [1.29, 1.82) is 0 Å². The number of halogens is 2.